The summed E-state index contributed by atoms with van der Waals surface area (Å²) >= 11 is 0. The lowest BCUT2D eigenvalue weighted by Crippen LogP contribution is -2.33. The Balaban J connectivity index is 1.66. The largest absolute Gasteiger partial charge is 0.389 e. The SMILES string of the molecule is C=C1NCCC2CN(Cc3ccccc3)CC12. The standard InChI is InChI=1S/C15H20N2/c1-12-15-11-17(10-14(15)7-8-16-12)9-13-5-3-2-4-6-13/h2-6,14-16H,1,7-11H2. The molecule has 2 unspecified atom stereocenters. The summed E-state index contributed by atoms with van der Waals surface area (Å²) in [6, 6.07) is 10.8. The van der Waals surface area contributed by atoms with Crippen molar-refractivity contribution in [3.05, 3.63) is 48.2 Å². The van der Waals surface area contributed by atoms with Crippen LogP contribution in [0.2, 0.25) is 0 Å². The highest BCUT2D eigenvalue weighted by Crippen LogP contribution is 2.33. The Morgan fingerprint density at radius 2 is 2.06 bits per heavy atom. The van der Waals surface area contributed by atoms with Crippen LogP contribution in [0.15, 0.2) is 42.6 Å². The van der Waals surface area contributed by atoms with Crippen LogP contribution in [0.5, 0.6) is 0 Å². The second kappa shape index (κ2) is 4.53. The van der Waals surface area contributed by atoms with Crippen LogP contribution in [0.1, 0.15) is 12.0 Å². The molecule has 1 aromatic rings. The Bertz CT molecular complexity index is 399. The molecule has 2 aliphatic rings. The van der Waals surface area contributed by atoms with Crippen molar-refractivity contribution in [2.75, 3.05) is 19.6 Å². The molecule has 3 rings (SSSR count). The lowest BCUT2D eigenvalue weighted by Gasteiger charge is -2.27. The third kappa shape index (κ3) is 2.22. The van der Waals surface area contributed by atoms with E-state index in [1.165, 1.54) is 30.8 Å². The molecule has 0 radical (unpaired) electrons. The van der Waals surface area contributed by atoms with Gasteiger partial charge in [0, 0.05) is 37.8 Å². The van der Waals surface area contributed by atoms with Crippen molar-refractivity contribution < 1.29 is 0 Å². The first-order valence-electron chi connectivity index (χ1n) is 6.52. The zero-order valence-corrected chi connectivity index (χ0v) is 10.2. The van der Waals surface area contributed by atoms with Crippen LogP contribution in [0.3, 0.4) is 0 Å². The van der Waals surface area contributed by atoms with E-state index in [1.54, 1.807) is 0 Å². The van der Waals surface area contributed by atoms with E-state index >= 15 is 0 Å². The molecule has 2 nitrogen and oxygen atoms in total. The minimum absolute atomic E-state index is 0.674. The second-order valence-electron chi connectivity index (χ2n) is 5.29. The number of nitrogens with one attached hydrogen (secondary N) is 1. The van der Waals surface area contributed by atoms with E-state index in [4.69, 9.17) is 0 Å². The Morgan fingerprint density at radius 3 is 2.82 bits per heavy atom. The molecule has 0 spiro atoms. The maximum Gasteiger partial charge on any atom is 0.0234 e. The molecule has 2 heterocycles. The predicted molar refractivity (Wildman–Crippen MR) is 70.5 cm³/mol. The van der Waals surface area contributed by atoms with Gasteiger partial charge in [0.15, 0.2) is 0 Å². The van der Waals surface area contributed by atoms with E-state index in [9.17, 15) is 0 Å². The number of nitrogens with zero attached hydrogens (tertiary/aromatic N) is 1. The van der Waals surface area contributed by atoms with Crippen LogP contribution in [0, 0.1) is 11.8 Å². The van der Waals surface area contributed by atoms with Crippen LogP contribution in [0.25, 0.3) is 0 Å². The molecule has 2 heteroatoms. The van der Waals surface area contributed by atoms with Gasteiger partial charge in [0.2, 0.25) is 0 Å². The quantitative estimate of drug-likeness (QED) is 0.835. The summed E-state index contributed by atoms with van der Waals surface area (Å²) in [6.45, 7) is 8.76. The van der Waals surface area contributed by atoms with Crippen molar-refractivity contribution in [1.29, 1.82) is 0 Å². The van der Waals surface area contributed by atoms with Crippen molar-refractivity contribution in [2.24, 2.45) is 11.8 Å². The molecule has 2 atom stereocenters. The third-order valence-corrected chi connectivity index (χ3v) is 4.08. The fraction of sp³-hybridized carbons (Fsp3) is 0.467. The number of hydrogen-bond donors (Lipinski definition) is 1. The van der Waals surface area contributed by atoms with E-state index < -0.39 is 0 Å². The van der Waals surface area contributed by atoms with Gasteiger partial charge in [-0.2, -0.15) is 0 Å². The fourth-order valence-electron chi connectivity index (χ4n) is 3.17. The minimum Gasteiger partial charge on any atom is -0.389 e. The highest BCUT2D eigenvalue weighted by atomic mass is 15.2. The lowest BCUT2D eigenvalue weighted by atomic mass is 9.87. The monoisotopic (exact) mass is 228 g/mol. The molecule has 2 saturated heterocycles. The summed E-state index contributed by atoms with van der Waals surface area (Å²) < 4.78 is 0. The van der Waals surface area contributed by atoms with Crippen molar-refractivity contribution in [3.63, 3.8) is 0 Å². The molecule has 0 aliphatic carbocycles. The molecule has 90 valence electrons. The summed E-state index contributed by atoms with van der Waals surface area (Å²) in [4.78, 5) is 2.57. The van der Waals surface area contributed by atoms with E-state index in [2.05, 4.69) is 47.1 Å². The van der Waals surface area contributed by atoms with Crippen LogP contribution in [-0.4, -0.2) is 24.5 Å². The molecule has 2 aliphatic heterocycles. The Kier molecular flexibility index (Phi) is 2.89. The molecule has 2 fully saturated rings. The first kappa shape index (κ1) is 10.8. The molecule has 1 N–H and O–H groups in total. The van der Waals surface area contributed by atoms with E-state index in [0.29, 0.717) is 5.92 Å². The van der Waals surface area contributed by atoms with Crippen molar-refractivity contribution in [3.8, 4) is 0 Å². The predicted octanol–water partition coefficient (Wildman–Crippen LogP) is 2.24. The zero-order chi connectivity index (χ0) is 11.7. The number of likely N-dealkylation sites (tertiary alicyclic amines) is 1. The second-order valence-corrected chi connectivity index (χ2v) is 5.29. The first-order valence-corrected chi connectivity index (χ1v) is 6.52. The van der Waals surface area contributed by atoms with Crippen LogP contribution in [-0.2, 0) is 6.54 Å². The molecule has 0 amide bonds. The number of piperidine rings is 1. The molecule has 17 heavy (non-hydrogen) atoms. The maximum atomic E-state index is 4.16. The molecule has 0 saturated carbocycles. The van der Waals surface area contributed by atoms with Gasteiger partial charge in [-0.25, -0.2) is 0 Å². The lowest BCUT2D eigenvalue weighted by molar-refractivity contribution is 0.314. The maximum absolute atomic E-state index is 4.16. The van der Waals surface area contributed by atoms with Crippen molar-refractivity contribution in [2.45, 2.75) is 13.0 Å². The number of hydrogen-bond acceptors (Lipinski definition) is 2. The van der Waals surface area contributed by atoms with E-state index in [1.807, 2.05) is 0 Å². The van der Waals surface area contributed by atoms with Gasteiger partial charge in [0.25, 0.3) is 0 Å². The van der Waals surface area contributed by atoms with Crippen molar-refractivity contribution in [1.82, 2.24) is 10.2 Å². The molecule has 0 bridgehead atoms. The highest BCUT2D eigenvalue weighted by molar-refractivity contribution is 5.16. The normalized spacial score (nSPS) is 28.8. The van der Waals surface area contributed by atoms with Gasteiger partial charge in [-0.05, 0) is 17.9 Å². The summed E-state index contributed by atoms with van der Waals surface area (Å²) in [7, 11) is 0. The van der Waals surface area contributed by atoms with Crippen molar-refractivity contribution >= 4 is 0 Å². The van der Waals surface area contributed by atoms with Crippen LogP contribution in [0.4, 0.5) is 0 Å². The molecule has 1 aromatic carbocycles. The van der Waals surface area contributed by atoms with Crippen LogP contribution < -0.4 is 5.32 Å². The molecule has 0 aromatic heterocycles. The average molecular weight is 228 g/mol. The highest BCUT2D eigenvalue weighted by Gasteiger charge is 2.36. The van der Waals surface area contributed by atoms with Gasteiger partial charge >= 0.3 is 0 Å². The topological polar surface area (TPSA) is 15.3 Å². The Hall–Kier alpha value is -1.28. The van der Waals surface area contributed by atoms with Gasteiger partial charge in [-0.15, -0.1) is 0 Å². The summed E-state index contributed by atoms with van der Waals surface area (Å²) in [5.41, 5.74) is 2.68. The summed E-state index contributed by atoms with van der Waals surface area (Å²) in [5, 5.41) is 3.42. The number of rotatable bonds is 2. The Morgan fingerprint density at radius 1 is 1.24 bits per heavy atom. The number of fused-ring (bicyclic) bond motifs is 1. The number of benzene rings is 1. The minimum atomic E-state index is 0.674. The third-order valence-electron chi connectivity index (χ3n) is 4.08. The van der Waals surface area contributed by atoms with Crippen LogP contribution >= 0.6 is 0 Å². The van der Waals surface area contributed by atoms with E-state index in [0.717, 1.165) is 19.0 Å². The first-order chi connectivity index (χ1) is 8.33. The smallest absolute Gasteiger partial charge is 0.0234 e. The molecular formula is C15H20N2. The average Bonchev–Trinajstić information content (AvgIpc) is 2.74. The van der Waals surface area contributed by atoms with Gasteiger partial charge in [-0.1, -0.05) is 36.9 Å². The Labute approximate surface area is 103 Å². The van der Waals surface area contributed by atoms with Gasteiger partial charge in [0.1, 0.15) is 0 Å². The van der Waals surface area contributed by atoms with E-state index in [-0.39, 0.29) is 0 Å². The fourth-order valence-corrected chi connectivity index (χ4v) is 3.17. The van der Waals surface area contributed by atoms with Gasteiger partial charge < -0.3 is 5.32 Å². The van der Waals surface area contributed by atoms with Gasteiger partial charge in [0.05, 0.1) is 0 Å². The van der Waals surface area contributed by atoms with Gasteiger partial charge in [-0.3, -0.25) is 4.90 Å². The zero-order valence-electron chi connectivity index (χ0n) is 10.2. The summed E-state index contributed by atoms with van der Waals surface area (Å²) in [5.74, 6) is 1.50. The summed E-state index contributed by atoms with van der Waals surface area (Å²) in [6.07, 6.45) is 1.30. The molecular weight excluding hydrogens is 208 g/mol.